The lowest BCUT2D eigenvalue weighted by atomic mass is 10.0. The Bertz CT molecular complexity index is 271. The molecule has 1 aliphatic rings. The Morgan fingerprint density at radius 2 is 1.88 bits per heavy atom. The van der Waals surface area contributed by atoms with Gasteiger partial charge in [-0.05, 0) is 32.0 Å². The molecule has 0 unspecified atom stereocenters. The lowest BCUT2D eigenvalue weighted by Gasteiger charge is -2.41. The van der Waals surface area contributed by atoms with Crippen molar-refractivity contribution in [1.82, 2.24) is 5.32 Å². The minimum absolute atomic E-state index is 0.109. The maximum Gasteiger partial charge on any atom is 0.192 e. The third kappa shape index (κ3) is 3.69. The summed E-state index contributed by atoms with van der Waals surface area (Å²) < 4.78 is 7.53. The molecule has 17 heavy (non-hydrogen) atoms. The SMILES string of the molecule is CC[Si](CC)(CC)OC(C)(C)[C@@H]1CSC(=S)N1. The second-order valence-electron chi connectivity index (χ2n) is 5.24. The number of hydrogen-bond donors (Lipinski definition) is 1. The fourth-order valence-corrected chi connectivity index (χ4v) is 6.92. The molecule has 1 N–H and O–H groups in total. The van der Waals surface area contributed by atoms with Crippen molar-refractivity contribution in [2.45, 2.75) is 64.4 Å². The molecule has 0 aromatic carbocycles. The standard InChI is InChI=1S/C12H25NOS2Si/c1-6-17(7-2,8-3)14-12(4,5)10-9-16-11(15)13-10/h10H,6-9H2,1-5H3,(H,13,15)/t10-/m0/s1. The van der Waals surface area contributed by atoms with Crippen molar-refractivity contribution in [2.24, 2.45) is 0 Å². The molecule has 0 bridgehead atoms. The summed E-state index contributed by atoms with van der Waals surface area (Å²) in [6, 6.07) is 3.96. The third-order valence-electron chi connectivity index (χ3n) is 3.92. The first-order chi connectivity index (χ1) is 7.89. The highest BCUT2D eigenvalue weighted by atomic mass is 32.2. The molecular formula is C12H25NOS2Si. The molecule has 0 radical (unpaired) electrons. The molecule has 0 aromatic heterocycles. The van der Waals surface area contributed by atoms with Gasteiger partial charge in [0.15, 0.2) is 8.32 Å². The molecule has 0 saturated carbocycles. The van der Waals surface area contributed by atoms with Gasteiger partial charge in [0, 0.05) is 5.75 Å². The minimum Gasteiger partial charge on any atom is -0.410 e. The average molecular weight is 292 g/mol. The summed E-state index contributed by atoms with van der Waals surface area (Å²) in [7, 11) is -1.53. The fourth-order valence-electron chi connectivity index (χ4n) is 2.35. The van der Waals surface area contributed by atoms with Crippen molar-refractivity contribution in [2.75, 3.05) is 5.75 Å². The zero-order chi connectivity index (χ0) is 13.1. The first-order valence-corrected chi connectivity index (χ1v) is 10.4. The second kappa shape index (κ2) is 6.04. The lowest BCUT2D eigenvalue weighted by molar-refractivity contribution is 0.0692. The van der Waals surface area contributed by atoms with Gasteiger partial charge < -0.3 is 9.74 Å². The van der Waals surface area contributed by atoms with Gasteiger partial charge in [0.25, 0.3) is 0 Å². The molecule has 0 aromatic rings. The largest absolute Gasteiger partial charge is 0.410 e. The van der Waals surface area contributed by atoms with Gasteiger partial charge in [0.1, 0.15) is 4.32 Å². The van der Waals surface area contributed by atoms with Crippen LogP contribution in [0.2, 0.25) is 18.1 Å². The van der Waals surface area contributed by atoms with E-state index in [1.165, 1.54) is 18.1 Å². The van der Waals surface area contributed by atoms with E-state index in [2.05, 4.69) is 39.9 Å². The monoisotopic (exact) mass is 291 g/mol. The number of rotatable bonds is 6. The van der Waals surface area contributed by atoms with Crippen molar-refractivity contribution in [3.8, 4) is 0 Å². The van der Waals surface area contributed by atoms with Crippen molar-refractivity contribution >= 4 is 36.6 Å². The summed E-state index contributed by atoms with van der Waals surface area (Å²) in [5.41, 5.74) is -0.109. The van der Waals surface area contributed by atoms with Gasteiger partial charge in [0.2, 0.25) is 0 Å². The summed E-state index contributed by atoms with van der Waals surface area (Å²) in [4.78, 5) is 0. The highest BCUT2D eigenvalue weighted by molar-refractivity contribution is 8.23. The van der Waals surface area contributed by atoms with E-state index in [1.54, 1.807) is 11.8 Å². The van der Waals surface area contributed by atoms with Crippen LogP contribution in [-0.2, 0) is 4.43 Å². The van der Waals surface area contributed by atoms with Gasteiger partial charge in [-0.1, -0.05) is 44.8 Å². The highest BCUT2D eigenvalue weighted by Crippen LogP contribution is 2.32. The Labute approximate surface area is 116 Å². The van der Waals surface area contributed by atoms with Gasteiger partial charge in [-0.2, -0.15) is 0 Å². The molecule has 100 valence electrons. The molecule has 1 rings (SSSR count). The van der Waals surface area contributed by atoms with E-state index in [4.69, 9.17) is 16.6 Å². The van der Waals surface area contributed by atoms with Gasteiger partial charge in [-0.3, -0.25) is 0 Å². The van der Waals surface area contributed by atoms with Crippen molar-refractivity contribution in [3.63, 3.8) is 0 Å². The van der Waals surface area contributed by atoms with Crippen LogP contribution < -0.4 is 5.32 Å². The van der Waals surface area contributed by atoms with Crippen molar-refractivity contribution < 1.29 is 4.43 Å². The van der Waals surface area contributed by atoms with E-state index in [9.17, 15) is 0 Å². The van der Waals surface area contributed by atoms with Gasteiger partial charge >= 0.3 is 0 Å². The third-order valence-corrected chi connectivity index (χ3v) is 10.1. The molecule has 1 atom stereocenters. The smallest absolute Gasteiger partial charge is 0.192 e. The Morgan fingerprint density at radius 1 is 1.35 bits per heavy atom. The molecule has 1 saturated heterocycles. The molecule has 1 fully saturated rings. The van der Waals surface area contributed by atoms with Gasteiger partial charge in [0.05, 0.1) is 11.6 Å². The van der Waals surface area contributed by atoms with Crippen LogP contribution >= 0.6 is 24.0 Å². The van der Waals surface area contributed by atoms with E-state index >= 15 is 0 Å². The normalized spacial score (nSPS) is 21.7. The van der Waals surface area contributed by atoms with E-state index in [0.29, 0.717) is 6.04 Å². The van der Waals surface area contributed by atoms with Crippen LogP contribution in [0.25, 0.3) is 0 Å². The fraction of sp³-hybridized carbons (Fsp3) is 0.917. The molecule has 0 aliphatic carbocycles. The first kappa shape index (κ1) is 15.5. The van der Waals surface area contributed by atoms with Crippen LogP contribution in [0, 0.1) is 0 Å². The van der Waals surface area contributed by atoms with Crippen molar-refractivity contribution in [3.05, 3.63) is 0 Å². The number of thioether (sulfide) groups is 1. The van der Waals surface area contributed by atoms with E-state index in [1.807, 2.05) is 0 Å². The average Bonchev–Trinajstić information content (AvgIpc) is 2.74. The Kier molecular flexibility index (Phi) is 5.50. The summed E-state index contributed by atoms with van der Waals surface area (Å²) in [6.45, 7) is 11.2. The van der Waals surface area contributed by atoms with Crippen LogP contribution in [-0.4, -0.2) is 30.0 Å². The van der Waals surface area contributed by atoms with Crippen LogP contribution in [0.4, 0.5) is 0 Å². The molecule has 5 heteroatoms. The lowest BCUT2D eigenvalue weighted by Crippen LogP contribution is -2.54. The number of nitrogens with one attached hydrogen (secondary N) is 1. The van der Waals surface area contributed by atoms with Crippen LogP contribution in [0.1, 0.15) is 34.6 Å². The van der Waals surface area contributed by atoms with E-state index in [-0.39, 0.29) is 5.60 Å². The summed E-state index contributed by atoms with van der Waals surface area (Å²) >= 11 is 6.94. The Morgan fingerprint density at radius 3 is 2.24 bits per heavy atom. The minimum atomic E-state index is -1.53. The van der Waals surface area contributed by atoms with Crippen LogP contribution in [0.15, 0.2) is 0 Å². The molecular weight excluding hydrogens is 266 g/mol. The van der Waals surface area contributed by atoms with Gasteiger partial charge in [-0.15, -0.1) is 0 Å². The van der Waals surface area contributed by atoms with Crippen LogP contribution in [0.5, 0.6) is 0 Å². The Hall–Kier alpha value is 0.417. The predicted octanol–water partition coefficient (Wildman–Crippen LogP) is 3.78. The number of thiocarbonyl (C=S) groups is 1. The molecule has 0 amide bonds. The van der Waals surface area contributed by atoms with Crippen molar-refractivity contribution in [1.29, 1.82) is 0 Å². The van der Waals surface area contributed by atoms with Crippen LogP contribution in [0.3, 0.4) is 0 Å². The molecule has 0 spiro atoms. The van der Waals surface area contributed by atoms with E-state index < -0.39 is 8.32 Å². The predicted molar refractivity (Wildman–Crippen MR) is 84.3 cm³/mol. The topological polar surface area (TPSA) is 21.3 Å². The highest BCUT2D eigenvalue weighted by Gasteiger charge is 2.41. The maximum absolute atomic E-state index is 6.61. The molecule has 2 nitrogen and oxygen atoms in total. The van der Waals surface area contributed by atoms with Gasteiger partial charge in [-0.25, -0.2) is 0 Å². The molecule has 1 heterocycles. The maximum atomic E-state index is 6.61. The number of hydrogen-bond acceptors (Lipinski definition) is 3. The first-order valence-electron chi connectivity index (χ1n) is 6.52. The molecule has 1 aliphatic heterocycles. The Balaban J connectivity index is 2.73. The zero-order valence-corrected chi connectivity index (χ0v) is 14.3. The summed E-state index contributed by atoms with van der Waals surface area (Å²) in [5, 5.41) is 3.38. The quantitative estimate of drug-likeness (QED) is 0.594. The summed E-state index contributed by atoms with van der Waals surface area (Å²) in [5.74, 6) is 1.04. The zero-order valence-electron chi connectivity index (χ0n) is 11.6. The second-order valence-corrected chi connectivity index (χ2v) is 11.6. The summed E-state index contributed by atoms with van der Waals surface area (Å²) in [6.07, 6.45) is 0. The van der Waals surface area contributed by atoms with E-state index in [0.717, 1.165) is 10.1 Å².